The van der Waals surface area contributed by atoms with Gasteiger partial charge in [0.2, 0.25) is 0 Å². The summed E-state index contributed by atoms with van der Waals surface area (Å²) in [4.78, 5) is 0. The summed E-state index contributed by atoms with van der Waals surface area (Å²) in [6, 6.07) is 4.19. The highest BCUT2D eigenvalue weighted by Gasteiger charge is 2.41. The second-order valence-corrected chi connectivity index (χ2v) is 7.43. The van der Waals surface area contributed by atoms with Crippen molar-refractivity contribution in [1.82, 2.24) is 5.32 Å². The van der Waals surface area contributed by atoms with Gasteiger partial charge in [-0.3, -0.25) is 0 Å². The van der Waals surface area contributed by atoms with Gasteiger partial charge in [-0.1, -0.05) is 18.2 Å². The van der Waals surface area contributed by atoms with E-state index in [1.807, 2.05) is 6.07 Å². The number of hydrogen-bond donors (Lipinski definition) is 1. The molecule has 118 valence electrons. The van der Waals surface area contributed by atoms with Crippen LogP contribution in [0.25, 0.3) is 0 Å². The molecule has 1 heterocycles. The molecule has 1 aromatic heterocycles. The van der Waals surface area contributed by atoms with Crippen molar-refractivity contribution in [2.24, 2.45) is 17.8 Å². The van der Waals surface area contributed by atoms with Crippen molar-refractivity contribution < 1.29 is 13.2 Å². The van der Waals surface area contributed by atoms with Gasteiger partial charge in [0.15, 0.2) is 0 Å². The maximum atomic E-state index is 12.1. The van der Waals surface area contributed by atoms with Crippen molar-refractivity contribution in [1.29, 1.82) is 0 Å². The summed E-state index contributed by atoms with van der Waals surface area (Å²) in [5, 5.41) is 3.56. The lowest BCUT2D eigenvalue weighted by atomic mass is 9.84. The van der Waals surface area contributed by atoms with Crippen molar-refractivity contribution in [2.45, 2.75) is 56.7 Å². The average molecular weight is 315 g/mol. The second kappa shape index (κ2) is 6.69. The number of furan rings is 1. The molecule has 0 radical (unpaired) electrons. The molecule has 0 amide bonds. The number of fused-ring (bicyclic) bond motifs is 2. The maximum absolute atomic E-state index is 12.1. The Hall–Kier alpha value is -0.550. The van der Waals surface area contributed by atoms with Crippen LogP contribution in [0.2, 0.25) is 0 Å². The standard InChI is InChI=1S/C16H23F2NOS/c1-10(15-7-11-2-3-12(15)6-11)19-8-13-4-5-14(20-13)9-21-16(17)18/h4-5,10-12,15-16,19H,2-3,6-9H2,1H3. The molecule has 3 rings (SSSR count). The number of thioether (sulfide) groups is 1. The van der Waals surface area contributed by atoms with Gasteiger partial charge in [0.05, 0.1) is 12.3 Å². The van der Waals surface area contributed by atoms with Gasteiger partial charge in [-0.2, -0.15) is 8.78 Å². The quantitative estimate of drug-likeness (QED) is 0.793. The molecule has 4 atom stereocenters. The minimum Gasteiger partial charge on any atom is -0.464 e. The Morgan fingerprint density at radius 2 is 2.10 bits per heavy atom. The van der Waals surface area contributed by atoms with Gasteiger partial charge < -0.3 is 9.73 Å². The fourth-order valence-electron chi connectivity index (χ4n) is 4.06. The molecular weight excluding hydrogens is 292 g/mol. The van der Waals surface area contributed by atoms with Gasteiger partial charge in [0.25, 0.3) is 5.76 Å². The molecule has 2 aliphatic rings. The predicted octanol–water partition coefficient (Wildman–Crippen LogP) is 4.65. The van der Waals surface area contributed by atoms with Crippen LogP contribution in [-0.4, -0.2) is 11.8 Å². The third kappa shape index (κ3) is 3.81. The number of rotatable bonds is 7. The van der Waals surface area contributed by atoms with Crippen LogP contribution < -0.4 is 5.32 Å². The number of nitrogens with one attached hydrogen (secondary N) is 1. The molecule has 1 aromatic rings. The highest BCUT2D eigenvalue weighted by atomic mass is 32.2. The van der Waals surface area contributed by atoms with Crippen molar-refractivity contribution in [2.75, 3.05) is 0 Å². The molecule has 5 heteroatoms. The van der Waals surface area contributed by atoms with Gasteiger partial charge >= 0.3 is 0 Å². The van der Waals surface area contributed by atoms with Crippen LogP contribution >= 0.6 is 11.8 Å². The Labute approximate surface area is 129 Å². The first-order valence-corrected chi connectivity index (χ1v) is 8.87. The fraction of sp³-hybridized carbons (Fsp3) is 0.750. The van der Waals surface area contributed by atoms with E-state index >= 15 is 0 Å². The smallest absolute Gasteiger partial charge is 0.284 e. The summed E-state index contributed by atoms with van der Waals surface area (Å²) in [6.45, 7) is 2.95. The van der Waals surface area contributed by atoms with Crippen LogP contribution in [0.15, 0.2) is 16.5 Å². The van der Waals surface area contributed by atoms with Crippen LogP contribution in [0, 0.1) is 17.8 Å². The number of halogens is 2. The van der Waals surface area contributed by atoms with Crippen molar-refractivity contribution in [3.8, 4) is 0 Å². The van der Waals surface area contributed by atoms with E-state index in [-0.39, 0.29) is 5.75 Å². The molecule has 4 unspecified atom stereocenters. The zero-order valence-electron chi connectivity index (χ0n) is 12.4. The van der Waals surface area contributed by atoms with Crippen LogP contribution in [0.1, 0.15) is 44.1 Å². The Morgan fingerprint density at radius 3 is 2.76 bits per heavy atom. The van der Waals surface area contributed by atoms with E-state index in [4.69, 9.17) is 4.42 Å². The summed E-state index contributed by atoms with van der Waals surface area (Å²) in [7, 11) is 0. The Bertz CT molecular complexity index is 465. The minimum atomic E-state index is -2.34. The lowest BCUT2D eigenvalue weighted by molar-refractivity contribution is 0.251. The molecule has 2 saturated carbocycles. The first-order chi connectivity index (χ1) is 10.1. The average Bonchev–Trinajstić information content (AvgIpc) is 3.18. The predicted molar refractivity (Wildman–Crippen MR) is 81.2 cm³/mol. The molecule has 0 saturated heterocycles. The largest absolute Gasteiger partial charge is 0.464 e. The van der Waals surface area contributed by atoms with Crippen molar-refractivity contribution in [3.05, 3.63) is 23.7 Å². The highest BCUT2D eigenvalue weighted by Crippen LogP contribution is 2.49. The number of alkyl halides is 2. The van der Waals surface area contributed by atoms with Gasteiger partial charge in [-0.15, -0.1) is 0 Å². The molecule has 0 spiro atoms. The normalized spacial score (nSPS) is 29.4. The second-order valence-electron chi connectivity index (χ2n) is 6.45. The summed E-state index contributed by atoms with van der Waals surface area (Å²) in [5.41, 5.74) is 0. The summed E-state index contributed by atoms with van der Waals surface area (Å²) >= 11 is 0.603. The van der Waals surface area contributed by atoms with Crippen molar-refractivity contribution >= 4 is 11.8 Å². The molecule has 2 aliphatic carbocycles. The van der Waals surface area contributed by atoms with Crippen LogP contribution in [-0.2, 0) is 12.3 Å². The molecule has 2 fully saturated rings. The van der Waals surface area contributed by atoms with Crippen LogP contribution in [0.4, 0.5) is 8.78 Å². The Kier molecular flexibility index (Phi) is 4.89. The summed E-state index contributed by atoms with van der Waals surface area (Å²) in [6.07, 6.45) is 5.62. The van der Waals surface area contributed by atoms with E-state index in [9.17, 15) is 8.78 Å². The Morgan fingerprint density at radius 1 is 1.29 bits per heavy atom. The van der Waals surface area contributed by atoms with E-state index in [0.717, 1.165) is 23.5 Å². The molecular formula is C16H23F2NOS. The lowest BCUT2D eigenvalue weighted by Crippen LogP contribution is -2.35. The first kappa shape index (κ1) is 15.3. The summed E-state index contributed by atoms with van der Waals surface area (Å²) in [5.74, 6) is 2.04. The first-order valence-electron chi connectivity index (χ1n) is 7.82. The molecule has 0 aliphatic heterocycles. The zero-order chi connectivity index (χ0) is 14.8. The van der Waals surface area contributed by atoms with Crippen LogP contribution in [0.3, 0.4) is 0 Å². The lowest BCUT2D eigenvalue weighted by Gasteiger charge is -2.28. The van der Waals surface area contributed by atoms with E-state index in [0.29, 0.717) is 30.1 Å². The maximum Gasteiger partial charge on any atom is 0.284 e. The molecule has 2 nitrogen and oxygen atoms in total. The van der Waals surface area contributed by atoms with Crippen LogP contribution in [0.5, 0.6) is 0 Å². The highest BCUT2D eigenvalue weighted by molar-refractivity contribution is 7.98. The molecule has 0 aromatic carbocycles. The minimum absolute atomic E-state index is 0.236. The van der Waals surface area contributed by atoms with Gasteiger partial charge in [-0.25, -0.2) is 0 Å². The molecule has 21 heavy (non-hydrogen) atoms. The van der Waals surface area contributed by atoms with Gasteiger partial charge in [0, 0.05) is 6.04 Å². The SMILES string of the molecule is CC(NCc1ccc(CSC(F)F)o1)C1CC2CCC1C2. The monoisotopic (exact) mass is 315 g/mol. The van der Waals surface area contributed by atoms with E-state index < -0.39 is 5.76 Å². The summed E-state index contributed by atoms with van der Waals surface area (Å²) < 4.78 is 29.9. The third-order valence-electron chi connectivity index (χ3n) is 5.10. The topological polar surface area (TPSA) is 25.2 Å². The number of hydrogen-bond acceptors (Lipinski definition) is 3. The van der Waals surface area contributed by atoms with Gasteiger partial charge in [-0.05, 0) is 56.1 Å². The Balaban J connectivity index is 1.44. The van der Waals surface area contributed by atoms with E-state index in [1.165, 1.54) is 25.7 Å². The molecule has 2 bridgehead atoms. The van der Waals surface area contributed by atoms with E-state index in [1.54, 1.807) is 6.07 Å². The zero-order valence-corrected chi connectivity index (χ0v) is 13.2. The van der Waals surface area contributed by atoms with Gasteiger partial charge in [0.1, 0.15) is 11.5 Å². The van der Waals surface area contributed by atoms with E-state index in [2.05, 4.69) is 12.2 Å². The third-order valence-corrected chi connectivity index (χ3v) is 5.81. The molecule has 1 N–H and O–H groups in total. The fourth-order valence-corrected chi connectivity index (χ4v) is 4.50. The van der Waals surface area contributed by atoms with Crippen molar-refractivity contribution in [3.63, 3.8) is 0 Å².